The molecule has 2 rings (SSSR count). The average Bonchev–Trinajstić information content (AvgIpc) is 2.98. The Hall–Kier alpha value is -2.31. The predicted octanol–water partition coefficient (Wildman–Crippen LogP) is 1.30. The van der Waals surface area contributed by atoms with E-state index in [1.165, 1.54) is 7.11 Å². The largest absolute Gasteiger partial charge is 0.478 e. The van der Waals surface area contributed by atoms with Crippen LogP contribution in [0.25, 0.3) is 0 Å². The second-order valence-electron chi connectivity index (χ2n) is 5.81. The molecule has 7 nitrogen and oxygen atoms in total. The molecule has 0 bridgehead atoms. The van der Waals surface area contributed by atoms with Gasteiger partial charge in [0.25, 0.3) is 0 Å². The van der Waals surface area contributed by atoms with Crippen LogP contribution in [-0.2, 0) is 16.1 Å². The van der Waals surface area contributed by atoms with Gasteiger partial charge in [0.2, 0.25) is 5.88 Å². The van der Waals surface area contributed by atoms with E-state index in [4.69, 9.17) is 9.47 Å². The second-order valence-corrected chi connectivity index (χ2v) is 5.81. The van der Waals surface area contributed by atoms with Crippen LogP contribution in [0.4, 0.5) is 0 Å². The number of likely N-dealkylation sites (tertiary alicyclic amines) is 1. The molecule has 0 saturated carbocycles. The Morgan fingerprint density at radius 3 is 2.96 bits per heavy atom. The maximum absolute atomic E-state index is 11.8. The fraction of sp³-hybridized carbons (Fsp3) is 0.588. The minimum Gasteiger partial charge on any atom is -0.478 e. The number of carbonyl (C=O) groups is 1. The number of aliphatic imine (C=N–C) groups is 1. The number of carbonyl (C=O) groups excluding carboxylic acids is 1. The van der Waals surface area contributed by atoms with Gasteiger partial charge in [0.15, 0.2) is 5.96 Å². The van der Waals surface area contributed by atoms with Crippen LogP contribution in [0.5, 0.6) is 5.88 Å². The highest BCUT2D eigenvalue weighted by Gasteiger charge is 2.36. The number of hydrogen-bond acceptors (Lipinski definition) is 5. The smallest absolute Gasteiger partial charge is 0.310 e. The Labute approximate surface area is 143 Å². The zero-order valence-electron chi connectivity index (χ0n) is 14.8. The zero-order valence-corrected chi connectivity index (χ0v) is 14.8. The predicted molar refractivity (Wildman–Crippen MR) is 91.8 cm³/mol. The van der Waals surface area contributed by atoms with Crippen molar-refractivity contribution in [2.24, 2.45) is 16.8 Å². The highest BCUT2D eigenvalue weighted by atomic mass is 16.5. The summed E-state index contributed by atoms with van der Waals surface area (Å²) in [5.41, 5.74) is 0.970. The second kappa shape index (κ2) is 8.52. The number of nitrogens with zero attached hydrogens (tertiary/aromatic N) is 3. The lowest BCUT2D eigenvalue weighted by Gasteiger charge is -2.22. The van der Waals surface area contributed by atoms with Crippen molar-refractivity contribution < 1.29 is 14.3 Å². The molecule has 1 aromatic rings. The van der Waals surface area contributed by atoms with Crippen LogP contribution >= 0.6 is 0 Å². The number of esters is 1. The minimum absolute atomic E-state index is 0.120. The van der Waals surface area contributed by atoms with Crippen LogP contribution in [0.15, 0.2) is 23.3 Å². The Balaban J connectivity index is 2.00. The molecule has 0 radical (unpaired) electrons. The number of rotatable bonds is 5. The molecule has 1 aromatic heterocycles. The van der Waals surface area contributed by atoms with Crippen LogP contribution in [-0.4, -0.2) is 55.7 Å². The molecule has 2 unspecified atom stereocenters. The van der Waals surface area contributed by atoms with E-state index in [1.807, 2.05) is 19.1 Å². The highest BCUT2D eigenvalue weighted by Crippen LogP contribution is 2.24. The molecule has 0 aliphatic carbocycles. The third-order valence-electron chi connectivity index (χ3n) is 4.20. The van der Waals surface area contributed by atoms with Crippen LogP contribution in [0.3, 0.4) is 0 Å². The van der Waals surface area contributed by atoms with E-state index in [2.05, 4.69) is 27.1 Å². The van der Waals surface area contributed by atoms with E-state index in [9.17, 15) is 4.79 Å². The van der Waals surface area contributed by atoms with Gasteiger partial charge in [0, 0.05) is 38.4 Å². The van der Waals surface area contributed by atoms with Crippen molar-refractivity contribution in [3.8, 4) is 5.88 Å². The van der Waals surface area contributed by atoms with Crippen molar-refractivity contribution in [2.45, 2.75) is 20.4 Å². The summed E-state index contributed by atoms with van der Waals surface area (Å²) in [5, 5.41) is 3.33. The quantitative estimate of drug-likeness (QED) is 0.497. The fourth-order valence-corrected chi connectivity index (χ4v) is 2.93. The Bertz CT molecular complexity index is 591. The molecule has 0 aromatic carbocycles. The normalized spacial score (nSPS) is 20.8. The maximum Gasteiger partial charge on any atom is 0.310 e. The van der Waals surface area contributed by atoms with Crippen molar-refractivity contribution >= 4 is 11.9 Å². The van der Waals surface area contributed by atoms with Gasteiger partial charge < -0.3 is 19.7 Å². The Morgan fingerprint density at radius 2 is 2.29 bits per heavy atom. The highest BCUT2D eigenvalue weighted by molar-refractivity contribution is 5.82. The molecule has 24 heavy (non-hydrogen) atoms. The van der Waals surface area contributed by atoms with Crippen LogP contribution in [0.1, 0.15) is 19.4 Å². The summed E-state index contributed by atoms with van der Waals surface area (Å²) < 4.78 is 10.4. The summed E-state index contributed by atoms with van der Waals surface area (Å²) >= 11 is 0. The summed E-state index contributed by atoms with van der Waals surface area (Å²) in [6, 6.07) is 3.86. The lowest BCUT2D eigenvalue weighted by atomic mass is 9.99. The number of guanidine groups is 1. The molecule has 0 amide bonds. The average molecular weight is 334 g/mol. The molecule has 1 aliphatic rings. The third-order valence-corrected chi connectivity index (χ3v) is 4.20. The number of ether oxygens (including phenoxy) is 2. The van der Waals surface area contributed by atoms with Crippen LogP contribution < -0.4 is 10.1 Å². The van der Waals surface area contributed by atoms with Gasteiger partial charge in [-0.3, -0.25) is 9.79 Å². The van der Waals surface area contributed by atoms with Crippen molar-refractivity contribution in [2.75, 3.05) is 33.9 Å². The molecule has 1 N–H and O–H groups in total. The summed E-state index contributed by atoms with van der Waals surface area (Å²) in [5.74, 6) is 1.34. The molecule has 0 spiro atoms. The van der Waals surface area contributed by atoms with Crippen molar-refractivity contribution in [1.29, 1.82) is 0 Å². The Kier molecular flexibility index (Phi) is 6.40. The van der Waals surface area contributed by atoms with E-state index in [0.717, 1.165) is 18.1 Å². The molecular formula is C17H26N4O3. The van der Waals surface area contributed by atoms with E-state index in [-0.39, 0.29) is 17.8 Å². The van der Waals surface area contributed by atoms with Gasteiger partial charge in [-0.2, -0.15) is 0 Å². The number of aromatic nitrogens is 1. The van der Waals surface area contributed by atoms with Gasteiger partial charge in [0.1, 0.15) is 0 Å². The molecule has 1 aliphatic heterocycles. The van der Waals surface area contributed by atoms with Crippen LogP contribution in [0.2, 0.25) is 0 Å². The van der Waals surface area contributed by atoms with Gasteiger partial charge in [-0.15, -0.1) is 0 Å². The minimum atomic E-state index is -0.161. The summed E-state index contributed by atoms with van der Waals surface area (Å²) in [6.45, 7) is 6.50. The molecule has 2 heterocycles. The molecule has 132 valence electrons. The molecule has 1 saturated heterocycles. The third kappa shape index (κ3) is 4.15. The summed E-state index contributed by atoms with van der Waals surface area (Å²) in [6.07, 6.45) is 1.71. The van der Waals surface area contributed by atoms with Crippen molar-refractivity contribution in [3.63, 3.8) is 0 Å². The van der Waals surface area contributed by atoms with Gasteiger partial charge in [-0.05, 0) is 18.9 Å². The number of hydrogen-bond donors (Lipinski definition) is 1. The summed E-state index contributed by atoms with van der Waals surface area (Å²) in [7, 11) is 3.17. The van der Waals surface area contributed by atoms with E-state index in [0.29, 0.717) is 25.6 Å². The lowest BCUT2D eigenvalue weighted by Crippen LogP contribution is -2.40. The maximum atomic E-state index is 11.8. The number of nitrogens with one attached hydrogen (secondary N) is 1. The van der Waals surface area contributed by atoms with Crippen LogP contribution in [0, 0.1) is 11.8 Å². The van der Waals surface area contributed by atoms with Crippen molar-refractivity contribution in [1.82, 2.24) is 15.2 Å². The SMILES string of the molecule is CCOc1ncccc1CNC(=NC)N1CC(C)C(C(=O)OC)C1. The number of methoxy groups -OCH3 is 1. The lowest BCUT2D eigenvalue weighted by molar-refractivity contribution is -0.145. The fourth-order valence-electron chi connectivity index (χ4n) is 2.93. The monoisotopic (exact) mass is 334 g/mol. The first-order chi connectivity index (χ1) is 11.6. The van der Waals surface area contributed by atoms with Gasteiger partial charge >= 0.3 is 5.97 Å². The topological polar surface area (TPSA) is 76.0 Å². The van der Waals surface area contributed by atoms with Gasteiger partial charge in [-0.1, -0.05) is 13.0 Å². The summed E-state index contributed by atoms with van der Waals surface area (Å²) in [4.78, 5) is 22.5. The van der Waals surface area contributed by atoms with E-state index in [1.54, 1.807) is 13.2 Å². The van der Waals surface area contributed by atoms with E-state index >= 15 is 0 Å². The molecule has 7 heteroatoms. The van der Waals surface area contributed by atoms with Gasteiger partial charge in [-0.25, -0.2) is 4.98 Å². The first-order valence-corrected chi connectivity index (χ1v) is 8.20. The van der Waals surface area contributed by atoms with Gasteiger partial charge in [0.05, 0.1) is 19.6 Å². The van der Waals surface area contributed by atoms with Crippen molar-refractivity contribution in [3.05, 3.63) is 23.9 Å². The molecular weight excluding hydrogens is 308 g/mol. The standard InChI is InChI=1S/C17H26N4O3/c1-5-24-15-13(7-6-8-19-15)9-20-17(18-3)21-10-12(2)14(11-21)16(22)23-4/h6-8,12,14H,5,9-11H2,1-4H3,(H,18,20). The molecule has 1 fully saturated rings. The Morgan fingerprint density at radius 1 is 1.50 bits per heavy atom. The zero-order chi connectivity index (χ0) is 17.5. The molecule has 2 atom stereocenters. The first kappa shape index (κ1) is 18.0. The first-order valence-electron chi connectivity index (χ1n) is 8.20. The van der Waals surface area contributed by atoms with E-state index < -0.39 is 0 Å². The number of pyridine rings is 1.